The second kappa shape index (κ2) is 12.1. The van der Waals surface area contributed by atoms with Gasteiger partial charge in [0, 0.05) is 35.3 Å². The molecule has 0 spiro atoms. The minimum Gasteiger partial charge on any atom is -0.493 e. The molecule has 9 heteroatoms. The Morgan fingerprint density at radius 1 is 1.11 bits per heavy atom. The van der Waals surface area contributed by atoms with Gasteiger partial charge in [0.25, 0.3) is 0 Å². The van der Waals surface area contributed by atoms with E-state index in [9.17, 15) is 4.79 Å². The van der Waals surface area contributed by atoms with Gasteiger partial charge in [0.15, 0.2) is 23.0 Å². The third-order valence-electron chi connectivity index (χ3n) is 5.99. The Hall–Kier alpha value is -3.07. The van der Waals surface area contributed by atoms with E-state index < -0.39 is 0 Å². The average molecular weight is 485 g/mol. The summed E-state index contributed by atoms with van der Waals surface area (Å²) in [7, 11) is 1.60. The molecule has 0 bridgehead atoms. The first kappa shape index (κ1) is 26.5. The summed E-state index contributed by atoms with van der Waals surface area (Å²) in [5.74, 6) is 1.93. The van der Waals surface area contributed by atoms with E-state index in [4.69, 9.17) is 9.47 Å². The Labute approximate surface area is 208 Å². The third-order valence-corrected chi connectivity index (χ3v) is 5.99. The number of amides is 1. The van der Waals surface area contributed by atoms with Crippen LogP contribution in [0.4, 0.5) is 5.69 Å². The third kappa shape index (κ3) is 7.21. The van der Waals surface area contributed by atoms with Crippen LogP contribution in [0.1, 0.15) is 90.7 Å². The number of anilines is 1. The lowest BCUT2D eigenvalue weighted by molar-refractivity contribution is -0.116. The molecule has 0 aliphatic heterocycles. The molecule has 1 atom stereocenters. The number of hydrogen-bond donors (Lipinski definition) is 3. The van der Waals surface area contributed by atoms with Crippen molar-refractivity contribution < 1.29 is 14.3 Å². The van der Waals surface area contributed by atoms with Crippen LogP contribution in [0.5, 0.6) is 11.5 Å². The lowest BCUT2D eigenvalue weighted by Crippen LogP contribution is -2.26. The van der Waals surface area contributed by atoms with E-state index in [1.807, 2.05) is 23.6 Å². The Morgan fingerprint density at radius 3 is 2.60 bits per heavy atom. The maximum atomic E-state index is 12.3. The zero-order valence-corrected chi connectivity index (χ0v) is 21.9. The first-order valence-electron chi connectivity index (χ1n) is 12.5. The number of ether oxygens (including phenoxy) is 2. The molecule has 2 heterocycles. The van der Waals surface area contributed by atoms with Crippen molar-refractivity contribution in [1.82, 2.24) is 25.1 Å². The van der Waals surface area contributed by atoms with Crippen molar-refractivity contribution in [2.45, 2.75) is 84.6 Å². The molecule has 0 saturated heterocycles. The molecule has 3 aromatic rings. The SMILES string of the molecule is CCCCCCCC(=O)Nc1ccc(OC)c(OCNC(C)c2nnc3cc(C(C)(C)C)[nH]n23)c1. The van der Waals surface area contributed by atoms with Crippen molar-refractivity contribution in [3.05, 3.63) is 35.8 Å². The zero-order chi connectivity index (χ0) is 25.4. The first-order valence-corrected chi connectivity index (χ1v) is 12.5. The van der Waals surface area contributed by atoms with Crippen LogP contribution in [-0.4, -0.2) is 39.6 Å². The number of nitrogens with zero attached hydrogens (tertiary/aromatic N) is 3. The van der Waals surface area contributed by atoms with E-state index in [1.165, 1.54) is 19.3 Å². The van der Waals surface area contributed by atoms with Crippen LogP contribution >= 0.6 is 0 Å². The summed E-state index contributed by atoms with van der Waals surface area (Å²) in [5, 5.41) is 18.3. The Balaban J connectivity index is 1.56. The molecule has 1 amide bonds. The number of nitrogens with one attached hydrogen (secondary N) is 3. The van der Waals surface area contributed by atoms with Gasteiger partial charge in [-0.3, -0.25) is 15.2 Å². The van der Waals surface area contributed by atoms with E-state index in [0.29, 0.717) is 23.6 Å². The van der Waals surface area contributed by atoms with Crippen molar-refractivity contribution >= 4 is 17.2 Å². The topological polar surface area (TPSA) is 106 Å². The van der Waals surface area contributed by atoms with Crippen molar-refractivity contribution in [3.63, 3.8) is 0 Å². The second-order valence-electron chi connectivity index (χ2n) is 9.96. The molecule has 1 aromatic carbocycles. The molecular formula is C26H40N6O3. The molecule has 2 aromatic heterocycles. The Kier molecular flexibility index (Phi) is 9.14. The monoisotopic (exact) mass is 484 g/mol. The molecule has 1 unspecified atom stereocenters. The van der Waals surface area contributed by atoms with Gasteiger partial charge in [0.1, 0.15) is 6.73 Å². The lowest BCUT2D eigenvalue weighted by Gasteiger charge is -2.17. The van der Waals surface area contributed by atoms with Crippen molar-refractivity contribution in [2.24, 2.45) is 0 Å². The van der Waals surface area contributed by atoms with Gasteiger partial charge in [0.05, 0.1) is 13.2 Å². The number of hydrogen-bond acceptors (Lipinski definition) is 6. The van der Waals surface area contributed by atoms with Gasteiger partial charge in [-0.15, -0.1) is 10.2 Å². The van der Waals surface area contributed by atoms with Gasteiger partial charge in [-0.2, -0.15) is 0 Å². The van der Waals surface area contributed by atoms with Crippen molar-refractivity contribution in [1.29, 1.82) is 0 Å². The molecule has 0 fully saturated rings. The van der Waals surface area contributed by atoms with Crippen LogP contribution in [0.15, 0.2) is 24.3 Å². The largest absolute Gasteiger partial charge is 0.493 e. The summed E-state index contributed by atoms with van der Waals surface area (Å²) < 4.78 is 13.3. The molecule has 0 aliphatic rings. The molecule has 35 heavy (non-hydrogen) atoms. The number of H-pyrrole nitrogens is 1. The second-order valence-corrected chi connectivity index (χ2v) is 9.96. The van der Waals surface area contributed by atoms with Crippen molar-refractivity contribution in [3.8, 4) is 11.5 Å². The van der Waals surface area contributed by atoms with Crippen LogP contribution < -0.4 is 20.1 Å². The van der Waals surface area contributed by atoms with E-state index in [0.717, 1.165) is 30.0 Å². The van der Waals surface area contributed by atoms with Gasteiger partial charge in [-0.25, -0.2) is 4.52 Å². The minimum absolute atomic E-state index is 0.0101. The molecule has 192 valence electrons. The van der Waals surface area contributed by atoms with Gasteiger partial charge in [-0.05, 0) is 25.5 Å². The summed E-state index contributed by atoms with van der Waals surface area (Å²) in [6, 6.07) is 7.32. The summed E-state index contributed by atoms with van der Waals surface area (Å²) >= 11 is 0. The summed E-state index contributed by atoms with van der Waals surface area (Å²) in [4.78, 5) is 12.3. The van der Waals surface area contributed by atoms with Gasteiger partial charge in [0.2, 0.25) is 5.91 Å². The number of fused-ring (bicyclic) bond motifs is 1. The highest BCUT2D eigenvalue weighted by Gasteiger charge is 2.21. The number of carbonyl (C=O) groups is 1. The number of unbranched alkanes of at least 4 members (excludes halogenated alkanes) is 4. The first-order chi connectivity index (χ1) is 16.7. The predicted octanol–water partition coefficient (Wildman–Crippen LogP) is 5.35. The van der Waals surface area contributed by atoms with E-state index >= 15 is 0 Å². The molecule has 9 nitrogen and oxygen atoms in total. The summed E-state index contributed by atoms with van der Waals surface area (Å²) in [5.41, 5.74) is 2.56. The van der Waals surface area contributed by atoms with Gasteiger partial charge < -0.3 is 14.8 Å². The molecule has 3 rings (SSSR count). The van der Waals surface area contributed by atoms with E-state index in [1.54, 1.807) is 19.2 Å². The van der Waals surface area contributed by atoms with Crippen LogP contribution in [0, 0.1) is 0 Å². The van der Waals surface area contributed by atoms with Crippen LogP contribution in [0.25, 0.3) is 5.65 Å². The number of aromatic nitrogens is 4. The number of benzene rings is 1. The van der Waals surface area contributed by atoms with E-state index in [2.05, 4.69) is 53.6 Å². The lowest BCUT2D eigenvalue weighted by atomic mass is 9.93. The highest BCUT2D eigenvalue weighted by Crippen LogP contribution is 2.30. The predicted molar refractivity (Wildman–Crippen MR) is 138 cm³/mol. The minimum atomic E-state index is -0.113. The number of carbonyl (C=O) groups excluding carboxylic acids is 1. The fraction of sp³-hybridized carbons (Fsp3) is 0.577. The van der Waals surface area contributed by atoms with Crippen molar-refractivity contribution in [2.75, 3.05) is 19.2 Å². The number of aromatic amines is 1. The molecular weight excluding hydrogens is 444 g/mol. The van der Waals surface area contributed by atoms with Crippen LogP contribution in [-0.2, 0) is 10.2 Å². The summed E-state index contributed by atoms with van der Waals surface area (Å²) in [6.07, 6.45) is 6.10. The Bertz CT molecular complexity index is 1100. The summed E-state index contributed by atoms with van der Waals surface area (Å²) in [6.45, 7) is 10.9. The Morgan fingerprint density at radius 2 is 1.89 bits per heavy atom. The smallest absolute Gasteiger partial charge is 0.224 e. The number of rotatable bonds is 13. The maximum absolute atomic E-state index is 12.3. The molecule has 0 saturated carbocycles. The molecule has 0 aliphatic carbocycles. The normalized spacial score (nSPS) is 12.6. The zero-order valence-electron chi connectivity index (χ0n) is 21.9. The van der Waals surface area contributed by atoms with Crippen LogP contribution in [0.3, 0.4) is 0 Å². The molecule has 3 N–H and O–H groups in total. The molecule has 0 radical (unpaired) electrons. The average Bonchev–Trinajstić information content (AvgIpc) is 3.40. The fourth-order valence-corrected chi connectivity index (χ4v) is 3.78. The quantitative estimate of drug-likeness (QED) is 0.223. The van der Waals surface area contributed by atoms with Crippen LogP contribution in [0.2, 0.25) is 0 Å². The van der Waals surface area contributed by atoms with Gasteiger partial charge >= 0.3 is 0 Å². The maximum Gasteiger partial charge on any atom is 0.224 e. The fourth-order valence-electron chi connectivity index (χ4n) is 3.78. The number of methoxy groups -OCH3 is 1. The van der Waals surface area contributed by atoms with Gasteiger partial charge in [-0.1, -0.05) is 53.4 Å². The van der Waals surface area contributed by atoms with E-state index in [-0.39, 0.29) is 24.1 Å². The highest BCUT2D eigenvalue weighted by atomic mass is 16.5. The highest BCUT2D eigenvalue weighted by molar-refractivity contribution is 5.91. The standard InChI is InChI=1S/C26H40N6O3/c1-7-8-9-10-11-12-24(33)28-19-13-14-20(34-6)21(15-19)35-17-27-18(2)25-30-29-23-16-22(26(3,4)5)31-32(23)25/h13-16,18,27,31H,7-12,17H2,1-6H3,(H,28,33).